The molecule has 0 radical (unpaired) electrons. The molecule has 0 fully saturated rings. The van der Waals surface area contributed by atoms with Gasteiger partial charge in [-0.3, -0.25) is 9.78 Å². The number of ether oxygens (including phenoxy) is 1. The summed E-state index contributed by atoms with van der Waals surface area (Å²) in [5.74, 6) is 1.08. The second-order valence-electron chi connectivity index (χ2n) is 6.97. The Morgan fingerprint density at radius 2 is 1.74 bits per heavy atom. The van der Waals surface area contributed by atoms with E-state index in [-0.39, 0.29) is 5.91 Å². The number of para-hydroxylation sites is 1. The maximum Gasteiger partial charge on any atom is 0.248 e. The first-order chi connectivity index (χ1) is 15.1. The summed E-state index contributed by atoms with van der Waals surface area (Å²) in [6, 6.07) is 20.7. The predicted octanol–water partition coefficient (Wildman–Crippen LogP) is 5.33. The van der Waals surface area contributed by atoms with Crippen molar-refractivity contribution >= 4 is 17.7 Å². The number of aryl methyl sites for hydroxylation is 1. The molecule has 0 saturated heterocycles. The van der Waals surface area contributed by atoms with Gasteiger partial charge in [0.15, 0.2) is 0 Å². The van der Waals surface area contributed by atoms with E-state index in [0.717, 1.165) is 22.6 Å². The first-order valence-corrected chi connectivity index (χ1v) is 9.89. The number of nitrogens with one attached hydrogen (secondary N) is 1. The fourth-order valence-corrected chi connectivity index (χ4v) is 3.24. The number of nitrogens with zero attached hydrogens (tertiary/aromatic N) is 3. The standard InChI is InChI=1S/C25H22N4O2/c1-18-24(19(2)29(28-18)21-8-4-3-5-9-21)11-12-25(30)27-20-7-6-10-23(17-20)31-22-13-15-26-16-14-22/h3-17H,1-2H3,(H,27,30). The molecule has 31 heavy (non-hydrogen) atoms. The summed E-state index contributed by atoms with van der Waals surface area (Å²) < 4.78 is 7.67. The Kier molecular flexibility index (Phi) is 5.89. The third-order valence-electron chi connectivity index (χ3n) is 4.74. The van der Waals surface area contributed by atoms with Crippen molar-refractivity contribution in [2.24, 2.45) is 0 Å². The number of hydrogen-bond donors (Lipinski definition) is 1. The van der Waals surface area contributed by atoms with Gasteiger partial charge in [0.1, 0.15) is 11.5 Å². The Balaban J connectivity index is 1.46. The zero-order chi connectivity index (χ0) is 21.6. The summed E-state index contributed by atoms with van der Waals surface area (Å²) in [6.07, 6.45) is 6.64. The van der Waals surface area contributed by atoms with E-state index in [1.54, 1.807) is 36.7 Å². The van der Waals surface area contributed by atoms with Crippen LogP contribution in [0.25, 0.3) is 11.8 Å². The van der Waals surface area contributed by atoms with Crippen LogP contribution in [0.2, 0.25) is 0 Å². The van der Waals surface area contributed by atoms with E-state index in [1.807, 2.05) is 67.1 Å². The summed E-state index contributed by atoms with van der Waals surface area (Å²) >= 11 is 0. The normalized spacial score (nSPS) is 10.9. The highest BCUT2D eigenvalue weighted by molar-refractivity contribution is 6.02. The third-order valence-corrected chi connectivity index (χ3v) is 4.74. The average molecular weight is 410 g/mol. The highest BCUT2D eigenvalue weighted by atomic mass is 16.5. The van der Waals surface area contributed by atoms with Crippen molar-refractivity contribution < 1.29 is 9.53 Å². The van der Waals surface area contributed by atoms with Gasteiger partial charge >= 0.3 is 0 Å². The molecule has 2 aromatic heterocycles. The van der Waals surface area contributed by atoms with E-state index in [0.29, 0.717) is 17.2 Å². The quantitative estimate of drug-likeness (QED) is 0.436. The van der Waals surface area contributed by atoms with Gasteiger partial charge in [0, 0.05) is 41.5 Å². The number of hydrogen-bond acceptors (Lipinski definition) is 4. The average Bonchev–Trinajstić information content (AvgIpc) is 3.07. The molecule has 0 bridgehead atoms. The molecule has 1 amide bonds. The van der Waals surface area contributed by atoms with Gasteiger partial charge in [-0.05, 0) is 56.3 Å². The van der Waals surface area contributed by atoms with Crippen molar-refractivity contribution in [3.63, 3.8) is 0 Å². The lowest BCUT2D eigenvalue weighted by Crippen LogP contribution is -2.07. The summed E-state index contributed by atoms with van der Waals surface area (Å²) in [5, 5.41) is 7.48. The monoisotopic (exact) mass is 410 g/mol. The first-order valence-electron chi connectivity index (χ1n) is 9.89. The van der Waals surface area contributed by atoms with Crippen LogP contribution in [0.1, 0.15) is 17.0 Å². The Bertz CT molecular complexity index is 1220. The molecule has 0 aliphatic carbocycles. The molecule has 0 aliphatic heterocycles. The van der Waals surface area contributed by atoms with Crippen LogP contribution in [0, 0.1) is 13.8 Å². The Morgan fingerprint density at radius 3 is 2.52 bits per heavy atom. The molecule has 2 aromatic carbocycles. The molecule has 1 N–H and O–H groups in total. The van der Waals surface area contributed by atoms with Crippen molar-refractivity contribution in [2.75, 3.05) is 5.32 Å². The summed E-state index contributed by atoms with van der Waals surface area (Å²) in [7, 11) is 0. The molecule has 0 saturated carbocycles. The van der Waals surface area contributed by atoms with Crippen LogP contribution in [-0.4, -0.2) is 20.7 Å². The molecule has 0 spiro atoms. The van der Waals surface area contributed by atoms with Crippen molar-refractivity contribution in [3.05, 3.63) is 102 Å². The molecule has 154 valence electrons. The van der Waals surface area contributed by atoms with E-state index >= 15 is 0 Å². The molecule has 2 heterocycles. The number of aromatic nitrogens is 3. The van der Waals surface area contributed by atoms with Gasteiger partial charge in [0.2, 0.25) is 5.91 Å². The minimum absolute atomic E-state index is 0.229. The summed E-state index contributed by atoms with van der Waals surface area (Å²) in [5.41, 5.74) is 4.39. The lowest BCUT2D eigenvalue weighted by Gasteiger charge is -2.07. The smallest absolute Gasteiger partial charge is 0.248 e. The van der Waals surface area contributed by atoms with Crippen LogP contribution in [0.3, 0.4) is 0 Å². The molecule has 0 aliphatic rings. The molecular formula is C25H22N4O2. The summed E-state index contributed by atoms with van der Waals surface area (Å²) in [6.45, 7) is 3.93. The Labute approximate surface area is 180 Å². The third kappa shape index (κ3) is 4.87. The molecular weight excluding hydrogens is 388 g/mol. The number of pyridine rings is 1. The minimum atomic E-state index is -0.229. The molecule has 0 atom stereocenters. The van der Waals surface area contributed by atoms with E-state index in [9.17, 15) is 4.79 Å². The molecule has 4 aromatic rings. The van der Waals surface area contributed by atoms with Gasteiger partial charge in [-0.15, -0.1) is 0 Å². The fourth-order valence-electron chi connectivity index (χ4n) is 3.24. The van der Waals surface area contributed by atoms with Crippen LogP contribution in [0.4, 0.5) is 5.69 Å². The Morgan fingerprint density at radius 1 is 0.968 bits per heavy atom. The fraction of sp³-hybridized carbons (Fsp3) is 0.0800. The zero-order valence-corrected chi connectivity index (χ0v) is 17.3. The van der Waals surface area contributed by atoms with Crippen molar-refractivity contribution in [2.45, 2.75) is 13.8 Å². The highest BCUT2D eigenvalue weighted by Crippen LogP contribution is 2.24. The number of rotatable bonds is 6. The van der Waals surface area contributed by atoms with Gasteiger partial charge in [0.05, 0.1) is 11.4 Å². The number of benzene rings is 2. The highest BCUT2D eigenvalue weighted by Gasteiger charge is 2.11. The van der Waals surface area contributed by atoms with Gasteiger partial charge in [-0.1, -0.05) is 24.3 Å². The van der Waals surface area contributed by atoms with Gasteiger partial charge in [0.25, 0.3) is 0 Å². The number of carbonyl (C=O) groups is 1. The minimum Gasteiger partial charge on any atom is -0.457 e. The van der Waals surface area contributed by atoms with Crippen LogP contribution in [-0.2, 0) is 4.79 Å². The number of carbonyl (C=O) groups excluding carboxylic acids is 1. The first kappa shape index (κ1) is 20.1. The second-order valence-corrected chi connectivity index (χ2v) is 6.97. The largest absolute Gasteiger partial charge is 0.457 e. The summed E-state index contributed by atoms with van der Waals surface area (Å²) in [4.78, 5) is 16.5. The molecule has 6 heteroatoms. The van der Waals surface area contributed by atoms with E-state index in [4.69, 9.17) is 4.74 Å². The lowest BCUT2D eigenvalue weighted by atomic mass is 10.2. The van der Waals surface area contributed by atoms with Gasteiger partial charge in [-0.25, -0.2) is 4.68 Å². The van der Waals surface area contributed by atoms with Gasteiger partial charge in [-0.2, -0.15) is 5.10 Å². The van der Waals surface area contributed by atoms with Crippen LogP contribution in [0.5, 0.6) is 11.5 Å². The maximum absolute atomic E-state index is 12.5. The molecule has 4 rings (SSSR count). The predicted molar refractivity (Wildman–Crippen MR) is 121 cm³/mol. The topological polar surface area (TPSA) is 69.0 Å². The maximum atomic E-state index is 12.5. The van der Waals surface area contributed by atoms with Crippen LogP contribution >= 0.6 is 0 Å². The zero-order valence-electron chi connectivity index (χ0n) is 17.3. The van der Waals surface area contributed by atoms with Gasteiger partial charge < -0.3 is 10.1 Å². The van der Waals surface area contributed by atoms with E-state index in [2.05, 4.69) is 15.4 Å². The molecule has 0 unspecified atom stereocenters. The lowest BCUT2D eigenvalue weighted by molar-refractivity contribution is -0.111. The van der Waals surface area contributed by atoms with E-state index < -0.39 is 0 Å². The Hall–Kier alpha value is -4.19. The SMILES string of the molecule is Cc1nn(-c2ccccc2)c(C)c1C=CC(=O)Nc1cccc(Oc2ccncc2)c1. The van der Waals surface area contributed by atoms with Crippen LogP contribution < -0.4 is 10.1 Å². The van der Waals surface area contributed by atoms with Crippen LogP contribution in [0.15, 0.2) is 85.2 Å². The van der Waals surface area contributed by atoms with Crippen molar-refractivity contribution in [1.82, 2.24) is 14.8 Å². The van der Waals surface area contributed by atoms with Crippen molar-refractivity contribution in [3.8, 4) is 17.2 Å². The number of anilines is 1. The van der Waals surface area contributed by atoms with Crippen molar-refractivity contribution in [1.29, 1.82) is 0 Å². The second kappa shape index (κ2) is 9.09. The van der Waals surface area contributed by atoms with E-state index in [1.165, 1.54) is 6.08 Å². The molecule has 6 nitrogen and oxygen atoms in total. The number of amides is 1.